The third-order valence-corrected chi connectivity index (χ3v) is 6.51. The van der Waals surface area contributed by atoms with Crippen molar-refractivity contribution in [2.24, 2.45) is 17.8 Å². The fraction of sp³-hybridized carbons (Fsp3) is 0.875. The van der Waals surface area contributed by atoms with Gasteiger partial charge in [0.1, 0.15) is 5.78 Å². The van der Waals surface area contributed by atoms with Gasteiger partial charge in [0.2, 0.25) is 11.8 Å². The highest BCUT2D eigenvalue weighted by Gasteiger charge is 2.28. The van der Waals surface area contributed by atoms with Crippen LogP contribution < -0.4 is 10.6 Å². The van der Waals surface area contributed by atoms with Crippen molar-refractivity contribution in [3.8, 4) is 0 Å². The molecule has 2 rings (SSSR count). The van der Waals surface area contributed by atoms with Gasteiger partial charge in [-0.25, -0.2) is 0 Å². The number of ether oxygens (including phenoxy) is 1. The first-order chi connectivity index (χ1) is 14.3. The number of hydrogen-bond acceptors (Lipinski definition) is 4. The molecule has 6 heteroatoms. The first-order valence-electron chi connectivity index (χ1n) is 12.0. The van der Waals surface area contributed by atoms with Crippen molar-refractivity contribution in [2.45, 2.75) is 110 Å². The molecule has 2 N–H and O–H groups in total. The summed E-state index contributed by atoms with van der Waals surface area (Å²) in [5.41, 5.74) is 0. The normalized spacial score (nSPS) is 27.1. The Morgan fingerprint density at radius 1 is 0.800 bits per heavy atom. The Bertz CT molecular complexity index is 560. The summed E-state index contributed by atoms with van der Waals surface area (Å²) in [6.07, 6.45) is 8.93. The lowest BCUT2D eigenvalue weighted by Crippen LogP contribution is -2.41. The minimum absolute atomic E-state index is 0.0303. The molecule has 0 radical (unpaired) electrons. The summed E-state index contributed by atoms with van der Waals surface area (Å²) in [5.74, 6) is 0.911. The number of amides is 2. The third kappa shape index (κ3) is 8.37. The Kier molecular flexibility index (Phi) is 10.3. The van der Waals surface area contributed by atoms with E-state index in [4.69, 9.17) is 4.74 Å². The van der Waals surface area contributed by atoms with Crippen molar-refractivity contribution in [2.75, 3.05) is 6.61 Å². The number of nitrogens with one attached hydrogen (secondary N) is 2. The highest BCUT2D eigenvalue weighted by molar-refractivity contribution is 5.83. The maximum Gasteiger partial charge on any atom is 0.222 e. The number of Topliss-reactive ketones (excluding diaryl/α,β-unsaturated/α-hetero) is 1. The molecule has 0 aliphatic heterocycles. The molecule has 2 fully saturated rings. The quantitative estimate of drug-likeness (QED) is 0.525. The first kappa shape index (κ1) is 24.8. The second-order valence-electron chi connectivity index (χ2n) is 9.78. The van der Waals surface area contributed by atoms with Crippen LogP contribution in [0.2, 0.25) is 0 Å². The molecule has 0 heterocycles. The number of ketones is 1. The van der Waals surface area contributed by atoms with E-state index in [2.05, 4.69) is 10.6 Å². The van der Waals surface area contributed by atoms with Crippen LogP contribution in [0.25, 0.3) is 0 Å². The zero-order chi connectivity index (χ0) is 22.1. The predicted octanol–water partition coefficient (Wildman–Crippen LogP) is 3.77. The Hall–Kier alpha value is -1.43. The van der Waals surface area contributed by atoms with E-state index >= 15 is 0 Å². The van der Waals surface area contributed by atoms with Crippen molar-refractivity contribution in [3.05, 3.63) is 0 Å². The van der Waals surface area contributed by atoms with Crippen LogP contribution in [0.4, 0.5) is 0 Å². The molecule has 0 aromatic rings. The maximum absolute atomic E-state index is 12.2. The largest absolute Gasteiger partial charge is 0.378 e. The summed E-state index contributed by atoms with van der Waals surface area (Å²) in [7, 11) is 0. The summed E-state index contributed by atoms with van der Waals surface area (Å²) in [4.78, 5) is 36.1. The van der Waals surface area contributed by atoms with E-state index in [-0.39, 0.29) is 47.8 Å². The monoisotopic (exact) mass is 422 g/mol. The fourth-order valence-electron chi connectivity index (χ4n) is 4.52. The Morgan fingerprint density at radius 2 is 1.37 bits per heavy atom. The minimum atomic E-state index is 0.0303. The lowest BCUT2D eigenvalue weighted by molar-refractivity contribution is -0.127. The van der Waals surface area contributed by atoms with Gasteiger partial charge in [-0.1, -0.05) is 27.7 Å². The average Bonchev–Trinajstić information content (AvgIpc) is 2.72. The summed E-state index contributed by atoms with van der Waals surface area (Å²) in [6.45, 7) is 8.37. The highest BCUT2D eigenvalue weighted by atomic mass is 16.5. The van der Waals surface area contributed by atoms with Gasteiger partial charge in [-0.3, -0.25) is 14.4 Å². The average molecular weight is 423 g/mol. The van der Waals surface area contributed by atoms with Crippen LogP contribution in [0.15, 0.2) is 0 Å². The predicted molar refractivity (Wildman–Crippen MR) is 118 cm³/mol. The van der Waals surface area contributed by atoms with Crippen molar-refractivity contribution in [3.63, 3.8) is 0 Å². The van der Waals surface area contributed by atoms with E-state index < -0.39 is 0 Å². The van der Waals surface area contributed by atoms with Gasteiger partial charge in [0.05, 0.1) is 6.10 Å². The van der Waals surface area contributed by atoms with Crippen LogP contribution in [0.1, 0.15) is 91.9 Å². The van der Waals surface area contributed by atoms with Crippen molar-refractivity contribution in [1.29, 1.82) is 0 Å². The van der Waals surface area contributed by atoms with Crippen LogP contribution in [0, 0.1) is 17.8 Å². The topological polar surface area (TPSA) is 84.5 Å². The van der Waals surface area contributed by atoms with Crippen LogP contribution in [-0.2, 0) is 19.1 Å². The van der Waals surface area contributed by atoms with Crippen LogP contribution >= 0.6 is 0 Å². The fourth-order valence-corrected chi connectivity index (χ4v) is 4.52. The van der Waals surface area contributed by atoms with Gasteiger partial charge in [0, 0.05) is 42.9 Å². The SMILES string of the molecule is CC(C)C(=O)N[C@H]1CC[C@@H](OCCCC(=O)N[C@H]2CC[C@H](C(=O)C(C)C)CC2)CC1. The Labute approximate surface area is 182 Å². The van der Waals surface area contributed by atoms with Crippen molar-refractivity contribution < 1.29 is 19.1 Å². The Balaban J connectivity index is 1.52. The number of hydrogen-bond donors (Lipinski definition) is 2. The lowest BCUT2D eigenvalue weighted by atomic mass is 9.80. The smallest absolute Gasteiger partial charge is 0.222 e. The van der Waals surface area contributed by atoms with E-state index in [1.807, 2.05) is 27.7 Å². The Morgan fingerprint density at radius 3 is 1.93 bits per heavy atom. The molecule has 0 bridgehead atoms. The molecule has 2 aliphatic rings. The van der Waals surface area contributed by atoms with Crippen LogP contribution in [0.5, 0.6) is 0 Å². The molecular formula is C24H42N2O4. The minimum Gasteiger partial charge on any atom is -0.378 e. The second kappa shape index (κ2) is 12.4. The zero-order valence-corrected chi connectivity index (χ0v) is 19.4. The molecule has 0 unspecified atom stereocenters. The molecule has 6 nitrogen and oxygen atoms in total. The van der Waals surface area contributed by atoms with E-state index in [1.54, 1.807) is 0 Å². The summed E-state index contributed by atoms with van der Waals surface area (Å²) in [6, 6.07) is 0.488. The third-order valence-electron chi connectivity index (χ3n) is 6.51. The summed E-state index contributed by atoms with van der Waals surface area (Å²) >= 11 is 0. The molecule has 0 aromatic heterocycles. The van der Waals surface area contributed by atoms with Crippen molar-refractivity contribution >= 4 is 17.6 Å². The summed E-state index contributed by atoms with van der Waals surface area (Å²) < 4.78 is 5.96. The molecule has 0 spiro atoms. The molecule has 0 atom stereocenters. The first-order valence-corrected chi connectivity index (χ1v) is 12.0. The molecule has 2 saturated carbocycles. The van der Waals surface area contributed by atoms with Crippen LogP contribution in [-0.4, -0.2) is 42.4 Å². The molecule has 0 saturated heterocycles. The van der Waals surface area contributed by atoms with Gasteiger partial charge in [-0.2, -0.15) is 0 Å². The van der Waals surface area contributed by atoms with E-state index in [1.165, 1.54) is 0 Å². The van der Waals surface area contributed by atoms with Crippen molar-refractivity contribution in [1.82, 2.24) is 10.6 Å². The van der Waals surface area contributed by atoms with Gasteiger partial charge in [0.25, 0.3) is 0 Å². The summed E-state index contributed by atoms with van der Waals surface area (Å²) in [5, 5.41) is 6.24. The van der Waals surface area contributed by atoms with Gasteiger partial charge in [-0.15, -0.1) is 0 Å². The van der Waals surface area contributed by atoms with E-state index in [9.17, 15) is 14.4 Å². The molecule has 2 aliphatic carbocycles. The van der Waals surface area contributed by atoms with Gasteiger partial charge < -0.3 is 15.4 Å². The number of rotatable bonds is 10. The standard InChI is InChI=1S/C24H42N2O4/c1-16(2)23(28)18-7-9-19(10-8-18)25-22(27)6-5-15-30-21-13-11-20(12-14-21)26-24(29)17(3)4/h16-21H,5-15H2,1-4H3,(H,25,27)(H,26,29)/t18-,19-,20-,21+. The second-order valence-corrected chi connectivity index (χ2v) is 9.78. The lowest BCUT2D eigenvalue weighted by Gasteiger charge is -2.30. The van der Waals surface area contributed by atoms with E-state index in [0.29, 0.717) is 18.8 Å². The van der Waals surface area contributed by atoms with Gasteiger partial charge in [-0.05, 0) is 57.8 Å². The zero-order valence-electron chi connectivity index (χ0n) is 19.4. The molecule has 0 aromatic carbocycles. The highest BCUT2D eigenvalue weighted by Crippen LogP contribution is 2.27. The maximum atomic E-state index is 12.2. The van der Waals surface area contributed by atoms with Crippen LogP contribution in [0.3, 0.4) is 0 Å². The van der Waals surface area contributed by atoms with Gasteiger partial charge >= 0.3 is 0 Å². The number of carbonyl (C=O) groups is 3. The molecular weight excluding hydrogens is 380 g/mol. The van der Waals surface area contributed by atoms with E-state index in [0.717, 1.165) is 57.8 Å². The number of carbonyl (C=O) groups excluding carboxylic acids is 3. The molecule has 172 valence electrons. The van der Waals surface area contributed by atoms with Gasteiger partial charge in [0.15, 0.2) is 0 Å². The molecule has 30 heavy (non-hydrogen) atoms. The molecule has 2 amide bonds.